The second-order valence-electron chi connectivity index (χ2n) is 7.77. The molecule has 0 spiro atoms. The van der Waals surface area contributed by atoms with Gasteiger partial charge in [-0.25, -0.2) is 4.79 Å². The lowest BCUT2D eigenvalue weighted by molar-refractivity contribution is -0.0106. The van der Waals surface area contributed by atoms with Gasteiger partial charge in [-0.15, -0.1) is 0 Å². The minimum Gasteiger partial charge on any atom is -0.465 e. The topological polar surface area (TPSA) is 91.6 Å². The number of nitrogens with zero attached hydrogens (tertiary/aromatic N) is 2. The zero-order valence-electron chi connectivity index (χ0n) is 15.3. The molecule has 2 atom stereocenters. The van der Waals surface area contributed by atoms with E-state index in [2.05, 4.69) is 5.32 Å². The van der Waals surface area contributed by atoms with Crippen LogP contribution in [0.25, 0.3) is 10.9 Å². The third kappa shape index (κ3) is 2.94. The van der Waals surface area contributed by atoms with Gasteiger partial charge in [0.2, 0.25) is 5.91 Å². The smallest absolute Gasteiger partial charge is 0.407 e. The van der Waals surface area contributed by atoms with Crippen molar-refractivity contribution in [3.8, 4) is 0 Å². The van der Waals surface area contributed by atoms with E-state index >= 15 is 0 Å². The maximum absolute atomic E-state index is 12.8. The first-order chi connectivity index (χ1) is 12.1. The van der Waals surface area contributed by atoms with E-state index < -0.39 is 6.09 Å². The van der Waals surface area contributed by atoms with Gasteiger partial charge in [-0.2, -0.15) is 0 Å². The van der Waals surface area contributed by atoms with Crippen LogP contribution in [0.15, 0.2) is 30.5 Å². The molecule has 7 nitrogen and oxygen atoms in total. The summed E-state index contributed by atoms with van der Waals surface area (Å²) in [5.74, 6) is -0.473. The van der Waals surface area contributed by atoms with Gasteiger partial charge >= 0.3 is 6.09 Å². The summed E-state index contributed by atoms with van der Waals surface area (Å²) in [5.41, 5.74) is 0.789. The molecule has 0 bridgehead atoms. The van der Waals surface area contributed by atoms with Gasteiger partial charge in [0.25, 0.3) is 5.91 Å². The molecular formula is C19H23N3O4. The molecule has 2 N–H and O–H groups in total. The van der Waals surface area contributed by atoms with E-state index in [1.807, 2.05) is 32.9 Å². The third-order valence-electron chi connectivity index (χ3n) is 4.86. The number of rotatable bonds is 2. The molecule has 0 saturated carbocycles. The molecule has 7 heteroatoms. The molecule has 2 heterocycles. The van der Waals surface area contributed by atoms with Gasteiger partial charge < -0.3 is 15.3 Å². The van der Waals surface area contributed by atoms with Gasteiger partial charge in [0.1, 0.15) is 0 Å². The normalized spacial score (nSPS) is 19.9. The Morgan fingerprint density at radius 2 is 1.85 bits per heavy atom. The number of hydrogen-bond donors (Lipinski definition) is 2. The van der Waals surface area contributed by atoms with Crippen LogP contribution in [0, 0.1) is 5.41 Å². The van der Waals surface area contributed by atoms with E-state index in [1.54, 1.807) is 18.3 Å². The summed E-state index contributed by atoms with van der Waals surface area (Å²) in [7, 11) is 0. The lowest BCUT2D eigenvalue weighted by atomic mass is 9.76. The number of hydrogen-bond acceptors (Lipinski definition) is 3. The van der Waals surface area contributed by atoms with E-state index in [0.29, 0.717) is 16.5 Å². The summed E-state index contributed by atoms with van der Waals surface area (Å²) in [5, 5.41) is 13.0. The molecule has 26 heavy (non-hydrogen) atoms. The SMILES string of the molecule is CC(=O)n1cc(C(=O)NC2CN(C(=O)O)C2C(C)(C)C)c2ccccc21. The Bertz CT molecular complexity index is 894. The van der Waals surface area contributed by atoms with Crippen LogP contribution in [-0.2, 0) is 0 Å². The number of aromatic nitrogens is 1. The Balaban J connectivity index is 1.88. The summed E-state index contributed by atoms with van der Waals surface area (Å²) in [4.78, 5) is 37.4. The van der Waals surface area contributed by atoms with Crippen LogP contribution < -0.4 is 5.32 Å². The molecular weight excluding hydrogens is 334 g/mol. The molecule has 2 unspecified atom stereocenters. The summed E-state index contributed by atoms with van der Waals surface area (Å²) in [6.45, 7) is 7.56. The van der Waals surface area contributed by atoms with Crippen LogP contribution in [0.3, 0.4) is 0 Å². The quantitative estimate of drug-likeness (QED) is 0.864. The van der Waals surface area contributed by atoms with Crippen molar-refractivity contribution >= 4 is 28.8 Å². The number of nitrogens with one attached hydrogen (secondary N) is 1. The fourth-order valence-electron chi connectivity index (χ4n) is 3.76. The second-order valence-corrected chi connectivity index (χ2v) is 7.77. The van der Waals surface area contributed by atoms with Crippen molar-refractivity contribution in [2.45, 2.75) is 39.8 Å². The van der Waals surface area contributed by atoms with E-state index in [1.165, 1.54) is 16.4 Å². The number of carbonyl (C=O) groups is 3. The van der Waals surface area contributed by atoms with Crippen LogP contribution >= 0.6 is 0 Å². The Hall–Kier alpha value is -2.83. The number of carboxylic acid groups (broad SMARTS) is 1. The molecule has 1 aliphatic rings. The molecule has 1 aromatic heterocycles. The summed E-state index contributed by atoms with van der Waals surface area (Å²) >= 11 is 0. The number of fused-ring (bicyclic) bond motifs is 1. The van der Waals surface area contributed by atoms with E-state index in [9.17, 15) is 19.5 Å². The number of likely N-dealkylation sites (tertiary alicyclic amines) is 1. The lowest BCUT2D eigenvalue weighted by Gasteiger charge is -2.52. The van der Waals surface area contributed by atoms with Crippen molar-refractivity contribution in [3.05, 3.63) is 36.0 Å². The molecule has 0 aliphatic carbocycles. The second kappa shape index (κ2) is 6.16. The van der Waals surface area contributed by atoms with Crippen molar-refractivity contribution in [1.82, 2.24) is 14.8 Å². The van der Waals surface area contributed by atoms with E-state index in [0.717, 1.165) is 0 Å². The average molecular weight is 357 g/mol. The molecule has 1 fully saturated rings. The maximum Gasteiger partial charge on any atom is 0.407 e. The van der Waals surface area contributed by atoms with E-state index in [4.69, 9.17) is 0 Å². The zero-order chi connectivity index (χ0) is 19.2. The summed E-state index contributed by atoms with van der Waals surface area (Å²) < 4.78 is 1.45. The average Bonchev–Trinajstić information content (AvgIpc) is 2.88. The maximum atomic E-state index is 12.8. The summed E-state index contributed by atoms with van der Waals surface area (Å²) in [6.07, 6.45) is 0.561. The highest BCUT2D eigenvalue weighted by Crippen LogP contribution is 2.34. The van der Waals surface area contributed by atoms with Gasteiger partial charge in [-0.3, -0.25) is 14.2 Å². The monoisotopic (exact) mass is 357 g/mol. The van der Waals surface area contributed by atoms with Crippen LogP contribution in [0.2, 0.25) is 0 Å². The minimum absolute atomic E-state index is 0.173. The first-order valence-electron chi connectivity index (χ1n) is 8.52. The molecule has 0 radical (unpaired) electrons. The van der Waals surface area contributed by atoms with Crippen molar-refractivity contribution < 1.29 is 19.5 Å². The Morgan fingerprint density at radius 3 is 2.42 bits per heavy atom. The van der Waals surface area contributed by atoms with Gasteiger partial charge in [0.15, 0.2) is 0 Å². The van der Waals surface area contributed by atoms with Gasteiger partial charge in [0.05, 0.1) is 23.2 Å². The number of para-hydroxylation sites is 1. The van der Waals surface area contributed by atoms with Gasteiger partial charge in [-0.1, -0.05) is 39.0 Å². The van der Waals surface area contributed by atoms with Crippen molar-refractivity contribution in [2.75, 3.05) is 6.54 Å². The zero-order valence-corrected chi connectivity index (χ0v) is 15.3. The molecule has 138 valence electrons. The highest BCUT2D eigenvalue weighted by Gasteiger charge is 2.49. The molecule has 2 amide bonds. The predicted octanol–water partition coefficient (Wildman–Crippen LogP) is 2.81. The minimum atomic E-state index is -0.983. The molecule has 1 aliphatic heterocycles. The van der Waals surface area contributed by atoms with Crippen molar-refractivity contribution in [3.63, 3.8) is 0 Å². The lowest BCUT2D eigenvalue weighted by Crippen LogP contribution is -2.71. The Morgan fingerprint density at radius 1 is 1.19 bits per heavy atom. The van der Waals surface area contributed by atoms with Crippen LogP contribution in [-0.4, -0.2) is 51.1 Å². The summed E-state index contributed by atoms with van der Waals surface area (Å²) in [6, 6.07) is 6.66. The molecule has 2 aromatic rings. The largest absolute Gasteiger partial charge is 0.465 e. The van der Waals surface area contributed by atoms with E-state index in [-0.39, 0.29) is 35.9 Å². The number of amides is 2. The Kier molecular flexibility index (Phi) is 4.26. The number of carbonyl (C=O) groups excluding carboxylic acids is 2. The molecule has 1 saturated heterocycles. The molecule has 1 aromatic carbocycles. The molecule has 3 rings (SSSR count). The van der Waals surface area contributed by atoms with Crippen LogP contribution in [0.5, 0.6) is 0 Å². The first-order valence-corrected chi connectivity index (χ1v) is 8.52. The predicted molar refractivity (Wildman–Crippen MR) is 97.5 cm³/mol. The first kappa shape index (κ1) is 18.0. The van der Waals surface area contributed by atoms with Crippen LogP contribution in [0.4, 0.5) is 4.79 Å². The van der Waals surface area contributed by atoms with Gasteiger partial charge in [-0.05, 0) is 11.5 Å². The highest BCUT2D eigenvalue weighted by molar-refractivity contribution is 6.09. The number of benzene rings is 1. The third-order valence-corrected chi connectivity index (χ3v) is 4.86. The van der Waals surface area contributed by atoms with Crippen molar-refractivity contribution in [1.29, 1.82) is 0 Å². The fraction of sp³-hybridized carbons (Fsp3) is 0.421. The standard InChI is InChI=1S/C19H23N3O4/c1-11(23)21-9-13(12-7-5-6-8-15(12)21)17(24)20-14-10-22(18(25)26)16(14)19(2,3)4/h5-9,14,16H,10H2,1-4H3,(H,20,24)(H,25,26). The van der Waals surface area contributed by atoms with Crippen molar-refractivity contribution in [2.24, 2.45) is 5.41 Å². The highest BCUT2D eigenvalue weighted by atomic mass is 16.4. The van der Waals surface area contributed by atoms with Gasteiger partial charge in [0, 0.05) is 25.1 Å². The van der Waals surface area contributed by atoms with Crippen LogP contribution in [0.1, 0.15) is 42.8 Å². The Labute approximate surface area is 151 Å². The fourth-order valence-corrected chi connectivity index (χ4v) is 3.76.